The Hall–Kier alpha value is -2.80. The van der Waals surface area contributed by atoms with Gasteiger partial charge in [0.15, 0.2) is 0 Å². The van der Waals surface area contributed by atoms with Gasteiger partial charge in [-0.2, -0.15) is 0 Å². The molecule has 26 heavy (non-hydrogen) atoms. The lowest BCUT2D eigenvalue weighted by Gasteiger charge is -2.06. The van der Waals surface area contributed by atoms with Crippen LogP contribution in [0.15, 0.2) is 39.5 Å². The van der Waals surface area contributed by atoms with Crippen LogP contribution in [0.4, 0.5) is 0 Å². The second-order valence-corrected chi connectivity index (χ2v) is 6.03. The highest BCUT2D eigenvalue weighted by molar-refractivity contribution is 5.97. The predicted octanol–water partition coefficient (Wildman–Crippen LogP) is 2.24. The van der Waals surface area contributed by atoms with Crippen LogP contribution < -0.4 is 11.0 Å². The number of benzene rings is 1. The van der Waals surface area contributed by atoms with Crippen molar-refractivity contribution < 1.29 is 13.9 Å². The van der Waals surface area contributed by atoms with E-state index in [1.54, 1.807) is 22.8 Å². The molecule has 0 aliphatic rings. The van der Waals surface area contributed by atoms with E-state index in [4.69, 9.17) is 9.15 Å². The number of H-pyrrole nitrogens is 1. The molecule has 3 rings (SSSR count). The number of amides is 1. The molecule has 7 nitrogen and oxygen atoms in total. The molecule has 0 fully saturated rings. The van der Waals surface area contributed by atoms with Crippen LogP contribution in [0.1, 0.15) is 28.8 Å². The van der Waals surface area contributed by atoms with Crippen LogP contribution in [-0.4, -0.2) is 35.2 Å². The van der Waals surface area contributed by atoms with E-state index in [-0.39, 0.29) is 11.6 Å². The van der Waals surface area contributed by atoms with Gasteiger partial charge in [0.25, 0.3) is 5.91 Å². The van der Waals surface area contributed by atoms with Crippen LogP contribution in [0, 0.1) is 6.92 Å². The third kappa shape index (κ3) is 4.05. The Kier molecular flexibility index (Phi) is 5.58. The van der Waals surface area contributed by atoms with E-state index < -0.39 is 0 Å². The number of nitrogens with one attached hydrogen (secondary N) is 2. The number of carbonyl (C=O) groups excluding carboxylic acids is 1. The molecule has 3 aromatic rings. The number of ether oxygens (including phenoxy) is 1. The van der Waals surface area contributed by atoms with Gasteiger partial charge in [-0.3, -0.25) is 9.36 Å². The lowest BCUT2D eigenvalue weighted by atomic mass is 10.2. The summed E-state index contributed by atoms with van der Waals surface area (Å²) in [4.78, 5) is 27.2. The van der Waals surface area contributed by atoms with Crippen molar-refractivity contribution in [2.24, 2.45) is 0 Å². The summed E-state index contributed by atoms with van der Waals surface area (Å²) in [6.45, 7) is 5.84. The molecule has 1 amide bonds. The maximum absolute atomic E-state index is 12.3. The number of furan rings is 1. The van der Waals surface area contributed by atoms with Crippen LogP contribution in [0.2, 0.25) is 0 Å². The van der Waals surface area contributed by atoms with Gasteiger partial charge in [-0.05, 0) is 44.2 Å². The number of hydrogen-bond donors (Lipinski definition) is 2. The van der Waals surface area contributed by atoms with Gasteiger partial charge in [-0.25, -0.2) is 4.79 Å². The average Bonchev–Trinajstić information content (AvgIpc) is 3.17. The molecule has 0 saturated carbocycles. The highest BCUT2D eigenvalue weighted by atomic mass is 16.5. The Morgan fingerprint density at radius 1 is 1.31 bits per heavy atom. The SMILES string of the molecule is CCOCCn1c(=O)[nH]c2cc(C(=O)NCCc3ccc(C)o3)ccc21. The maximum Gasteiger partial charge on any atom is 0.326 e. The smallest absolute Gasteiger partial charge is 0.326 e. The summed E-state index contributed by atoms with van der Waals surface area (Å²) in [6, 6.07) is 9.00. The predicted molar refractivity (Wildman–Crippen MR) is 98.5 cm³/mol. The summed E-state index contributed by atoms with van der Waals surface area (Å²) in [5, 5.41) is 2.87. The number of aromatic nitrogens is 2. The normalized spacial score (nSPS) is 11.2. The number of hydrogen-bond acceptors (Lipinski definition) is 4. The van der Waals surface area contributed by atoms with Crippen molar-refractivity contribution in [3.05, 3.63) is 57.9 Å². The lowest BCUT2D eigenvalue weighted by molar-refractivity contribution is 0.0954. The van der Waals surface area contributed by atoms with Crippen molar-refractivity contribution in [2.45, 2.75) is 26.8 Å². The fourth-order valence-electron chi connectivity index (χ4n) is 2.85. The molecule has 2 aromatic heterocycles. The van der Waals surface area contributed by atoms with Gasteiger partial charge in [-0.1, -0.05) is 0 Å². The minimum atomic E-state index is -0.203. The van der Waals surface area contributed by atoms with Crippen molar-refractivity contribution >= 4 is 16.9 Å². The van der Waals surface area contributed by atoms with Gasteiger partial charge in [0.05, 0.1) is 24.2 Å². The van der Waals surface area contributed by atoms with E-state index in [0.717, 1.165) is 17.0 Å². The van der Waals surface area contributed by atoms with Crippen molar-refractivity contribution in [1.29, 1.82) is 0 Å². The standard InChI is InChI=1S/C19H23N3O4/c1-3-25-11-10-22-17-7-5-14(12-16(17)21-19(22)24)18(23)20-9-8-15-6-4-13(2)26-15/h4-7,12H,3,8-11H2,1-2H3,(H,20,23)(H,21,24). The second kappa shape index (κ2) is 8.05. The highest BCUT2D eigenvalue weighted by Crippen LogP contribution is 2.13. The summed E-state index contributed by atoms with van der Waals surface area (Å²) < 4.78 is 12.4. The Bertz CT molecular complexity index is 951. The minimum Gasteiger partial charge on any atom is -0.466 e. The molecule has 0 atom stereocenters. The number of imidazole rings is 1. The topological polar surface area (TPSA) is 89.3 Å². The van der Waals surface area contributed by atoms with Crippen LogP contribution in [0.5, 0.6) is 0 Å². The molecule has 0 bridgehead atoms. The quantitative estimate of drug-likeness (QED) is 0.605. The van der Waals surface area contributed by atoms with Crippen LogP contribution in [-0.2, 0) is 17.7 Å². The van der Waals surface area contributed by atoms with Crippen molar-refractivity contribution in [1.82, 2.24) is 14.9 Å². The van der Waals surface area contributed by atoms with Gasteiger partial charge in [0.2, 0.25) is 0 Å². The Balaban J connectivity index is 1.66. The number of aromatic amines is 1. The molecule has 0 aliphatic carbocycles. The Morgan fingerprint density at radius 2 is 2.15 bits per heavy atom. The summed E-state index contributed by atoms with van der Waals surface area (Å²) >= 11 is 0. The first-order valence-corrected chi connectivity index (χ1v) is 8.72. The number of rotatable bonds is 8. The first kappa shape index (κ1) is 18.0. The molecule has 7 heteroatoms. The third-order valence-electron chi connectivity index (χ3n) is 4.15. The third-order valence-corrected chi connectivity index (χ3v) is 4.15. The maximum atomic E-state index is 12.3. The molecule has 0 radical (unpaired) electrons. The average molecular weight is 357 g/mol. The molecule has 0 unspecified atom stereocenters. The number of aryl methyl sites for hydroxylation is 1. The van der Waals surface area contributed by atoms with Gasteiger partial charge >= 0.3 is 5.69 Å². The van der Waals surface area contributed by atoms with Gasteiger partial charge in [0.1, 0.15) is 11.5 Å². The van der Waals surface area contributed by atoms with E-state index >= 15 is 0 Å². The van der Waals surface area contributed by atoms with E-state index in [0.29, 0.717) is 43.8 Å². The van der Waals surface area contributed by atoms with Crippen LogP contribution >= 0.6 is 0 Å². The largest absolute Gasteiger partial charge is 0.466 e. The van der Waals surface area contributed by atoms with Gasteiger partial charge in [0, 0.05) is 25.1 Å². The molecule has 0 aliphatic heterocycles. The van der Waals surface area contributed by atoms with Gasteiger partial charge in [-0.15, -0.1) is 0 Å². The van der Waals surface area contributed by atoms with E-state index in [9.17, 15) is 9.59 Å². The molecule has 2 N–H and O–H groups in total. The summed E-state index contributed by atoms with van der Waals surface area (Å²) in [5.74, 6) is 1.52. The van der Waals surface area contributed by atoms with Gasteiger partial charge < -0.3 is 19.5 Å². The van der Waals surface area contributed by atoms with Crippen molar-refractivity contribution in [2.75, 3.05) is 19.8 Å². The fourth-order valence-corrected chi connectivity index (χ4v) is 2.85. The van der Waals surface area contributed by atoms with E-state index in [1.807, 2.05) is 26.0 Å². The first-order chi connectivity index (χ1) is 12.6. The minimum absolute atomic E-state index is 0.182. The Labute approximate surface area is 151 Å². The van der Waals surface area contributed by atoms with E-state index in [2.05, 4.69) is 10.3 Å². The highest BCUT2D eigenvalue weighted by Gasteiger charge is 2.11. The van der Waals surface area contributed by atoms with Crippen LogP contribution in [0.3, 0.4) is 0 Å². The lowest BCUT2D eigenvalue weighted by Crippen LogP contribution is -2.25. The molecule has 1 aromatic carbocycles. The van der Waals surface area contributed by atoms with Crippen molar-refractivity contribution in [3.8, 4) is 0 Å². The zero-order chi connectivity index (χ0) is 18.5. The van der Waals surface area contributed by atoms with E-state index in [1.165, 1.54) is 0 Å². The number of fused-ring (bicyclic) bond motifs is 1. The molecule has 0 saturated heterocycles. The zero-order valence-corrected chi connectivity index (χ0v) is 15.0. The molecular weight excluding hydrogens is 334 g/mol. The second-order valence-electron chi connectivity index (χ2n) is 6.03. The summed E-state index contributed by atoms with van der Waals surface area (Å²) in [5.41, 5.74) is 1.70. The van der Waals surface area contributed by atoms with Crippen LogP contribution in [0.25, 0.3) is 11.0 Å². The fraction of sp³-hybridized carbons (Fsp3) is 0.368. The summed E-state index contributed by atoms with van der Waals surface area (Å²) in [6.07, 6.45) is 0.631. The van der Waals surface area contributed by atoms with Crippen molar-refractivity contribution in [3.63, 3.8) is 0 Å². The molecular formula is C19H23N3O4. The zero-order valence-electron chi connectivity index (χ0n) is 15.0. The Morgan fingerprint density at radius 3 is 2.88 bits per heavy atom. The summed E-state index contributed by atoms with van der Waals surface area (Å²) in [7, 11) is 0. The first-order valence-electron chi connectivity index (χ1n) is 8.72. The molecule has 2 heterocycles. The monoisotopic (exact) mass is 357 g/mol. The molecule has 138 valence electrons. The molecule has 0 spiro atoms. The number of carbonyl (C=O) groups is 1. The number of nitrogens with zero attached hydrogens (tertiary/aromatic N) is 1.